The van der Waals surface area contributed by atoms with E-state index in [4.69, 9.17) is 14.3 Å². The third kappa shape index (κ3) is 15.5. The van der Waals surface area contributed by atoms with Crippen LogP contribution >= 0.6 is 0 Å². The summed E-state index contributed by atoms with van der Waals surface area (Å²) >= 11 is 0. The molecule has 2 aliphatic carbocycles. The summed E-state index contributed by atoms with van der Waals surface area (Å²) in [6, 6.07) is -1.70. The second kappa shape index (κ2) is 30.7. The zero-order chi connectivity index (χ0) is 62.6. The van der Waals surface area contributed by atoms with Gasteiger partial charge in [-0.05, 0) is 107 Å². The van der Waals surface area contributed by atoms with Crippen LogP contribution in [0.15, 0.2) is 11.6 Å². The van der Waals surface area contributed by atoms with E-state index in [1.807, 2.05) is 79.2 Å². The van der Waals surface area contributed by atoms with Crippen molar-refractivity contribution < 1.29 is 57.5 Å². The minimum absolute atomic E-state index is 0.0118. The molecule has 3 N–H and O–H groups in total. The number of allylic oxidation sites excluding steroid dienone is 1. The highest BCUT2D eigenvalue weighted by Gasteiger charge is 2.83. The molecule has 8 amide bonds. The molecule has 0 bridgehead atoms. The predicted molar refractivity (Wildman–Crippen MR) is 321 cm³/mol. The number of nitrogens with zero attached hydrogens (tertiary/aromatic N) is 5. The third-order valence-corrected chi connectivity index (χ3v) is 20.1. The zero-order valence-corrected chi connectivity index (χ0v) is 54.2. The van der Waals surface area contributed by atoms with Crippen LogP contribution in [0, 0.1) is 52.3 Å². The highest BCUT2D eigenvalue weighted by molar-refractivity contribution is 6.13. The number of likely N-dealkylation sites (tertiary alicyclic amines) is 2. The van der Waals surface area contributed by atoms with Crippen LogP contribution in [0.3, 0.4) is 0 Å². The van der Waals surface area contributed by atoms with Gasteiger partial charge in [-0.2, -0.15) is 0 Å². The molecular formula is C64H108N8O12. The van der Waals surface area contributed by atoms with E-state index in [1.165, 1.54) is 9.96 Å². The minimum Gasteiger partial charge on any atom is -0.380 e. The van der Waals surface area contributed by atoms with Gasteiger partial charge < -0.3 is 35.2 Å². The maximum Gasteiger partial charge on any atom is 0.272 e. The molecule has 5 fully saturated rings. The molecule has 20 heteroatoms. The lowest BCUT2D eigenvalue weighted by Crippen LogP contribution is -2.56. The van der Waals surface area contributed by atoms with E-state index in [2.05, 4.69) is 35.9 Å². The summed E-state index contributed by atoms with van der Waals surface area (Å²) in [6.07, 6.45) is 8.98. The lowest BCUT2D eigenvalue weighted by molar-refractivity contribution is -0.201. The molecular weight excluding hydrogens is 1070 g/mol. The number of nitrogens with one attached hydrogen (secondary N) is 3. The van der Waals surface area contributed by atoms with Gasteiger partial charge in [0, 0.05) is 79.2 Å². The number of carbonyl (C=O) groups is 9. The van der Waals surface area contributed by atoms with Gasteiger partial charge in [0.1, 0.15) is 5.54 Å². The summed E-state index contributed by atoms with van der Waals surface area (Å²) in [5.41, 5.74) is -1.08. The predicted octanol–water partition coefficient (Wildman–Crippen LogP) is 6.48. The van der Waals surface area contributed by atoms with E-state index >= 15 is 0 Å². The maximum absolute atomic E-state index is 14.5. The van der Waals surface area contributed by atoms with Crippen molar-refractivity contribution in [3.63, 3.8) is 0 Å². The Morgan fingerprint density at radius 2 is 1.56 bits per heavy atom. The first-order valence-electron chi connectivity index (χ1n) is 31.9. The number of amides is 8. The number of ketones is 1. The summed E-state index contributed by atoms with van der Waals surface area (Å²) in [5.74, 6) is -2.87. The fraction of sp³-hybridized carbons (Fsp3) is 0.828. The quantitative estimate of drug-likeness (QED) is 0.0456. The molecule has 0 radical (unpaired) electrons. The SMILES string of the molecule is CC[C@H]1C[C@@]1(NC(=O)[C@H](C)[C@@H](OC)[C@@H]1CCCN1C(=O)C[C@@H](OC)[C@@H](/C=C(\C)CC(=O)[C@@H](NC(=O)[C@H](C(C)C)N(C)CCCC(=O)N(C)CCNC(=O)CCCN1C(=O)C2C(C)(CC)C2(CC)C1=O)C(C)C)[C@@H](C)CC)C(=O)N1CCCCO1. The monoisotopic (exact) mass is 1180 g/mol. The lowest BCUT2D eigenvalue weighted by atomic mass is 9.83. The topological polar surface area (TPSA) is 234 Å². The first-order valence-corrected chi connectivity index (χ1v) is 31.9. The van der Waals surface area contributed by atoms with Crippen LogP contribution in [0.1, 0.15) is 179 Å². The molecule has 0 aromatic rings. The van der Waals surface area contributed by atoms with Gasteiger partial charge in [0.2, 0.25) is 41.4 Å². The smallest absolute Gasteiger partial charge is 0.272 e. The molecule has 3 heterocycles. The number of hydrogen-bond donors (Lipinski definition) is 3. The fourth-order valence-corrected chi connectivity index (χ4v) is 14.5. The van der Waals surface area contributed by atoms with Gasteiger partial charge in [0.25, 0.3) is 5.91 Å². The highest BCUT2D eigenvalue weighted by Crippen LogP contribution is 2.76. The molecule has 20 nitrogen and oxygen atoms in total. The first-order chi connectivity index (χ1) is 39.7. The lowest BCUT2D eigenvalue weighted by Gasteiger charge is -2.36. The average molecular weight is 1180 g/mol. The minimum atomic E-state index is -1.01. The average Bonchev–Trinajstić information content (AvgIpc) is 1.49. The second-order valence-corrected chi connectivity index (χ2v) is 26.2. The Hall–Kier alpha value is -4.79. The zero-order valence-electron chi connectivity index (χ0n) is 54.2. The molecule has 2 saturated carbocycles. The molecule has 0 aromatic heterocycles. The molecule has 476 valence electrons. The van der Waals surface area contributed by atoms with Crippen molar-refractivity contribution >= 4 is 53.0 Å². The third-order valence-electron chi connectivity index (χ3n) is 20.1. The van der Waals surface area contributed by atoms with E-state index in [9.17, 15) is 43.2 Å². The Kier molecular flexibility index (Phi) is 25.6. The number of imide groups is 1. The van der Waals surface area contributed by atoms with Crippen LogP contribution in [0.2, 0.25) is 0 Å². The van der Waals surface area contributed by atoms with E-state index in [-0.39, 0.29) is 139 Å². The van der Waals surface area contributed by atoms with Crippen LogP contribution in [0.25, 0.3) is 0 Å². The Morgan fingerprint density at radius 1 is 0.857 bits per heavy atom. The van der Waals surface area contributed by atoms with Gasteiger partial charge in [-0.3, -0.25) is 57.8 Å². The molecule has 84 heavy (non-hydrogen) atoms. The molecule has 0 aromatic carbocycles. The number of Topliss-reactive ketones (excluding diaryl/α,β-unsaturated/α-hetero) is 1. The van der Waals surface area contributed by atoms with Gasteiger partial charge >= 0.3 is 0 Å². The second-order valence-electron chi connectivity index (χ2n) is 26.2. The summed E-state index contributed by atoms with van der Waals surface area (Å²) in [7, 11) is 6.71. The van der Waals surface area contributed by atoms with Gasteiger partial charge in [-0.15, -0.1) is 0 Å². The van der Waals surface area contributed by atoms with E-state index in [0.717, 1.165) is 44.1 Å². The van der Waals surface area contributed by atoms with E-state index in [0.29, 0.717) is 64.9 Å². The van der Waals surface area contributed by atoms with E-state index < -0.39 is 41.2 Å². The van der Waals surface area contributed by atoms with Crippen molar-refractivity contribution in [2.45, 2.75) is 215 Å². The Morgan fingerprint density at radius 3 is 2.12 bits per heavy atom. The number of carbonyl (C=O) groups excluding carboxylic acids is 9. The molecule has 3 unspecified atom stereocenters. The highest BCUT2D eigenvalue weighted by atomic mass is 16.7. The number of ether oxygens (including phenoxy) is 2. The van der Waals surface area contributed by atoms with Crippen molar-refractivity contribution in [2.75, 3.05) is 74.2 Å². The van der Waals surface area contributed by atoms with Crippen molar-refractivity contribution in [3.05, 3.63) is 11.6 Å². The number of likely N-dealkylation sites (N-methyl/N-ethyl adjacent to an activating group) is 2. The normalized spacial score (nSPS) is 26.6. The molecule has 3 saturated heterocycles. The summed E-state index contributed by atoms with van der Waals surface area (Å²) in [4.78, 5) is 135. The van der Waals surface area contributed by atoms with Gasteiger partial charge in [-0.1, -0.05) is 101 Å². The first kappa shape index (κ1) is 70.0. The molecule has 0 spiro atoms. The number of hydrogen-bond acceptors (Lipinski definition) is 13. The standard InChI is InChI=1S/C64H108N8O12/c1-17-43(10)46(49(82-15)38-52(76)70-31-23-26-47(70)55(83-16)44(11)57(77)67-64(39-45(64)18-2)61(81)72-33-21-22-35-84-72)36-42(9)37-48(73)53(40(5)6)66-58(78)54(41(7)8)69(14)30-25-28-51(75)68(13)34-29-65-50(74)27-24-32-71-59(79)56-62(12,19-3)63(56,20-4)60(71)80/h36,40-41,43-47,49,53-56H,17-35,37-39H2,1-16H3,(H,65,74)(H,66,78)(H,67,77)/b42-36+/t43-,44+,45-,46-,47-,49+,53-,54-,55+,56?,62?,63?,64-/m0/s1. The van der Waals surface area contributed by atoms with Crippen LogP contribution in [0.4, 0.5) is 0 Å². The van der Waals surface area contributed by atoms with Gasteiger partial charge in [-0.25, -0.2) is 5.06 Å². The van der Waals surface area contributed by atoms with Crippen molar-refractivity contribution in [2.24, 2.45) is 52.3 Å². The van der Waals surface area contributed by atoms with Crippen molar-refractivity contribution in [3.8, 4) is 0 Å². The Bertz CT molecular complexity index is 2360. The number of methoxy groups -OCH3 is 2. The van der Waals surface area contributed by atoms with Crippen LogP contribution < -0.4 is 16.0 Å². The maximum atomic E-state index is 14.5. The molecule has 5 rings (SSSR count). The summed E-state index contributed by atoms with van der Waals surface area (Å²) in [6.45, 7) is 26.4. The van der Waals surface area contributed by atoms with Crippen LogP contribution in [-0.4, -0.2) is 188 Å². The van der Waals surface area contributed by atoms with Gasteiger partial charge in [0.05, 0.1) is 60.6 Å². The number of fused-ring (bicyclic) bond motifs is 1. The van der Waals surface area contributed by atoms with Crippen molar-refractivity contribution in [1.29, 1.82) is 0 Å². The van der Waals surface area contributed by atoms with E-state index in [1.54, 1.807) is 33.1 Å². The largest absolute Gasteiger partial charge is 0.380 e. The number of hydroxylamine groups is 2. The van der Waals surface area contributed by atoms with Crippen LogP contribution in [0.5, 0.6) is 0 Å². The fourth-order valence-electron chi connectivity index (χ4n) is 14.5. The summed E-state index contributed by atoms with van der Waals surface area (Å²) in [5, 5.41) is 10.5. The number of piperidine rings is 1. The van der Waals surface area contributed by atoms with Crippen LogP contribution in [-0.2, 0) is 57.5 Å². The molecule has 3 aliphatic heterocycles. The number of rotatable bonds is 35. The van der Waals surface area contributed by atoms with Crippen molar-refractivity contribution in [1.82, 2.24) is 40.6 Å². The summed E-state index contributed by atoms with van der Waals surface area (Å²) < 4.78 is 12.2. The Balaban J connectivity index is 1.09. The molecule has 5 aliphatic rings. The Labute approximate surface area is 502 Å². The van der Waals surface area contributed by atoms with Gasteiger partial charge in [0.15, 0.2) is 5.78 Å². The molecule has 13 atom stereocenters.